The van der Waals surface area contributed by atoms with Gasteiger partial charge in [0.1, 0.15) is 6.54 Å². The maximum absolute atomic E-state index is 12.0. The van der Waals surface area contributed by atoms with Gasteiger partial charge in [-0.1, -0.05) is 18.2 Å². The molecule has 0 aliphatic carbocycles. The van der Waals surface area contributed by atoms with E-state index >= 15 is 0 Å². The first kappa shape index (κ1) is 21.2. The van der Waals surface area contributed by atoms with Gasteiger partial charge >= 0.3 is 0 Å². The number of hydrogen-bond acceptors (Lipinski definition) is 3. The standard InChI is InChI=1S/C17H25N5O2.HI/c1-2-18-17(20-13-16(24)22-10-6-7-11-22)19-12-15(23)21-14-8-4-3-5-9-14;/h3-5,8-9H,2,6-7,10-13H2,1H3,(H,21,23)(H2,18,19,20);1H. The molecular formula is C17H26IN5O2. The molecule has 1 fully saturated rings. The van der Waals surface area contributed by atoms with E-state index in [1.807, 2.05) is 42.2 Å². The molecule has 1 saturated heterocycles. The Hall–Kier alpha value is -1.84. The Morgan fingerprint density at radius 3 is 2.44 bits per heavy atom. The van der Waals surface area contributed by atoms with Crippen molar-refractivity contribution in [3.8, 4) is 0 Å². The lowest BCUT2D eigenvalue weighted by molar-refractivity contribution is -0.128. The van der Waals surface area contributed by atoms with E-state index in [2.05, 4.69) is 20.9 Å². The van der Waals surface area contributed by atoms with Crippen molar-refractivity contribution in [2.24, 2.45) is 4.99 Å². The number of amides is 2. The predicted octanol–water partition coefficient (Wildman–Crippen LogP) is 1.42. The van der Waals surface area contributed by atoms with E-state index in [1.165, 1.54) is 0 Å². The summed E-state index contributed by atoms with van der Waals surface area (Å²) in [6.45, 7) is 4.42. The smallest absolute Gasteiger partial charge is 0.246 e. The molecule has 2 amide bonds. The van der Waals surface area contributed by atoms with Gasteiger partial charge in [-0.05, 0) is 31.9 Å². The molecule has 0 unspecified atom stereocenters. The monoisotopic (exact) mass is 459 g/mol. The van der Waals surface area contributed by atoms with Gasteiger partial charge in [0.05, 0.1) is 6.54 Å². The summed E-state index contributed by atoms with van der Waals surface area (Å²) in [4.78, 5) is 30.0. The normalized spacial score (nSPS) is 13.8. The minimum absolute atomic E-state index is 0. The predicted molar refractivity (Wildman–Crippen MR) is 110 cm³/mol. The molecule has 8 heteroatoms. The molecular weight excluding hydrogens is 433 g/mol. The van der Waals surface area contributed by atoms with Crippen molar-refractivity contribution in [3.05, 3.63) is 30.3 Å². The van der Waals surface area contributed by atoms with E-state index in [0.29, 0.717) is 12.5 Å². The Balaban J connectivity index is 0.00000312. The minimum atomic E-state index is -0.204. The number of rotatable bonds is 6. The van der Waals surface area contributed by atoms with Crippen molar-refractivity contribution in [1.29, 1.82) is 0 Å². The van der Waals surface area contributed by atoms with Gasteiger partial charge in [-0.2, -0.15) is 0 Å². The second-order valence-corrected chi connectivity index (χ2v) is 5.55. The average molecular weight is 459 g/mol. The lowest BCUT2D eigenvalue weighted by Gasteiger charge is -2.17. The van der Waals surface area contributed by atoms with Crippen molar-refractivity contribution < 1.29 is 9.59 Å². The maximum atomic E-state index is 12.0. The first-order valence-electron chi connectivity index (χ1n) is 8.34. The highest BCUT2D eigenvalue weighted by atomic mass is 127. The Morgan fingerprint density at radius 2 is 1.80 bits per heavy atom. The zero-order valence-electron chi connectivity index (χ0n) is 14.5. The summed E-state index contributed by atoms with van der Waals surface area (Å²) in [5.74, 6) is 0.323. The van der Waals surface area contributed by atoms with Gasteiger partial charge in [-0.15, -0.1) is 24.0 Å². The van der Waals surface area contributed by atoms with Crippen LogP contribution in [0.15, 0.2) is 35.3 Å². The molecule has 0 spiro atoms. The highest BCUT2D eigenvalue weighted by molar-refractivity contribution is 14.0. The first-order valence-corrected chi connectivity index (χ1v) is 8.34. The summed E-state index contributed by atoms with van der Waals surface area (Å²) in [6.07, 6.45) is 2.14. The van der Waals surface area contributed by atoms with E-state index < -0.39 is 0 Å². The highest BCUT2D eigenvalue weighted by Gasteiger charge is 2.17. The van der Waals surface area contributed by atoms with Crippen molar-refractivity contribution in [3.63, 3.8) is 0 Å². The second kappa shape index (κ2) is 11.7. The van der Waals surface area contributed by atoms with Crippen LogP contribution in [0.5, 0.6) is 0 Å². The SMILES string of the molecule is CCNC(=NCC(=O)Nc1ccccc1)NCC(=O)N1CCCC1.I. The van der Waals surface area contributed by atoms with Crippen LogP contribution in [-0.2, 0) is 9.59 Å². The minimum Gasteiger partial charge on any atom is -0.357 e. The van der Waals surface area contributed by atoms with Crippen LogP contribution in [0.3, 0.4) is 0 Å². The molecule has 0 aromatic heterocycles. The molecule has 1 aromatic rings. The summed E-state index contributed by atoms with van der Waals surface area (Å²) in [5, 5.41) is 8.79. The molecule has 3 N–H and O–H groups in total. The molecule has 1 aromatic carbocycles. The number of anilines is 1. The largest absolute Gasteiger partial charge is 0.357 e. The van der Waals surface area contributed by atoms with Crippen LogP contribution >= 0.6 is 24.0 Å². The summed E-state index contributed by atoms with van der Waals surface area (Å²) in [5.41, 5.74) is 0.736. The van der Waals surface area contributed by atoms with Crippen LogP contribution < -0.4 is 16.0 Å². The van der Waals surface area contributed by atoms with Crippen molar-refractivity contribution in [1.82, 2.24) is 15.5 Å². The van der Waals surface area contributed by atoms with Crippen molar-refractivity contribution >= 4 is 47.4 Å². The lowest BCUT2D eigenvalue weighted by atomic mass is 10.3. The molecule has 2 rings (SSSR count). The number of benzene rings is 1. The third kappa shape index (κ3) is 7.72. The van der Waals surface area contributed by atoms with Crippen LogP contribution in [-0.4, -0.2) is 55.4 Å². The van der Waals surface area contributed by atoms with Gasteiger partial charge in [-0.25, -0.2) is 4.99 Å². The summed E-state index contributed by atoms with van der Waals surface area (Å²) < 4.78 is 0. The zero-order valence-corrected chi connectivity index (χ0v) is 16.8. The average Bonchev–Trinajstić information content (AvgIpc) is 3.12. The Morgan fingerprint density at radius 1 is 1.12 bits per heavy atom. The lowest BCUT2D eigenvalue weighted by Crippen LogP contribution is -2.44. The van der Waals surface area contributed by atoms with Gasteiger partial charge in [-0.3, -0.25) is 9.59 Å². The number of guanidine groups is 1. The molecule has 1 aliphatic rings. The first-order chi connectivity index (χ1) is 11.7. The van der Waals surface area contributed by atoms with E-state index in [1.54, 1.807) is 0 Å². The quantitative estimate of drug-likeness (QED) is 0.341. The van der Waals surface area contributed by atoms with Crippen LogP contribution in [0.25, 0.3) is 0 Å². The fourth-order valence-corrected chi connectivity index (χ4v) is 2.45. The molecule has 0 atom stereocenters. The Kier molecular flexibility index (Phi) is 9.90. The summed E-state index contributed by atoms with van der Waals surface area (Å²) in [7, 11) is 0. The van der Waals surface area contributed by atoms with Crippen LogP contribution in [0.4, 0.5) is 5.69 Å². The third-order valence-electron chi connectivity index (χ3n) is 3.65. The molecule has 0 bridgehead atoms. The number of likely N-dealkylation sites (tertiary alicyclic amines) is 1. The Bertz CT molecular complexity index is 574. The number of halogens is 1. The van der Waals surface area contributed by atoms with E-state index in [9.17, 15) is 9.59 Å². The number of para-hydroxylation sites is 1. The van der Waals surface area contributed by atoms with E-state index in [-0.39, 0.29) is 48.9 Å². The number of carbonyl (C=O) groups excluding carboxylic acids is 2. The van der Waals surface area contributed by atoms with E-state index in [4.69, 9.17) is 0 Å². The topological polar surface area (TPSA) is 85.8 Å². The van der Waals surface area contributed by atoms with Crippen LogP contribution in [0, 0.1) is 0 Å². The number of nitrogens with one attached hydrogen (secondary N) is 3. The van der Waals surface area contributed by atoms with Gasteiger partial charge in [0.15, 0.2) is 5.96 Å². The maximum Gasteiger partial charge on any atom is 0.246 e. The second-order valence-electron chi connectivity index (χ2n) is 5.55. The third-order valence-corrected chi connectivity index (χ3v) is 3.65. The molecule has 138 valence electrons. The van der Waals surface area contributed by atoms with Crippen molar-refractivity contribution in [2.75, 3.05) is 38.0 Å². The molecule has 7 nitrogen and oxygen atoms in total. The van der Waals surface area contributed by atoms with Gasteiger partial charge in [0.25, 0.3) is 0 Å². The molecule has 25 heavy (non-hydrogen) atoms. The van der Waals surface area contributed by atoms with Gasteiger partial charge in [0, 0.05) is 25.3 Å². The highest BCUT2D eigenvalue weighted by Crippen LogP contribution is 2.06. The number of nitrogens with zero attached hydrogens (tertiary/aromatic N) is 2. The summed E-state index contributed by atoms with van der Waals surface area (Å²) >= 11 is 0. The molecule has 0 radical (unpaired) electrons. The van der Waals surface area contributed by atoms with Crippen LogP contribution in [0.1, 0.15) is 19.8 Å². The van der Waals surface area contributed by atoms with Gasteiger partial charge in [0.2, 0.25) is 11.8 Å². The fraction of sp³-hybridized carbons (Fsp3) is 0.471. The fourth-order valence-electron chi connectivity index (χ4n) is 2.45. The number of hydrogen-bond donors (Lipinski definition) is 3. The van der Waals surface area contributed by atoms with Crippen molar-refractivity contribution in [2.45, 2.75) is 19.8 Å². The number of carbonyl (C=O) groups is 2. The van der Waals surface area contributed by atoms with E-state index in [0.717, 1.165) is 31.6 Å². The molecule has 1 aliphatic heterocycles. The van der Waals surface area contributed by atoms with Crippen LogP contribution in [0.2, 0.25) is 0 Å². The Labute approximate surface area is 165 Å². The number of aliphatic imine (C=N–C) groups is 1. The summed E-state index contributed by atoms with van der Waals surface area (Å²) in [6, 6.07) is 9.24. The zero-order chi connectivity index (χ0) is 17.2. The van der Waals surface area contributed by atoms with Gasteiger partial charge < -0.3 is 20.9 Å². The molecule has 1 heterocycles. The molecule has 0 saturated carbocycles.